The standard InChI is InChI=1S/C16H15NO3/c1-19-13-8-6-12(7-9-13)17-16(18)15-10-11-4-2-3-5-14(11)20-15/h2-9,15H,10H2,1H3,(H,17,18)/t15-/m1/s1. The summed E-state index contributed by atoms with van der Waals surface area (Å²) >= 11 is 0. The highest BCUT2D eigenvalue weighted by Gasteiger charge is 2.28. The molecule has 3 rings (SSSR count). The summed E-state index contributed by atoms with van der Waals surface area (Å²) in [6, 6.07) is 14.9. The molecule has 1 aliphatic heterocycles. The lowest BCUT2D eigenvalue weighted by molar-refractivity contribution is -0.122. The summed E-state index contributed by atoms with van der Waals surface area (Å²) in [7, 11) is 1.61. The number of fused-ring (bicyclic) bond motifs is 1. The van der Waals surface area contributed by atoms with Crippen LogP contribution in [-0.4, -0.2) is 19.1 Å². The molecule has 1 atom stereocenters. The van der Waals surface area contributed by atoms with Gasteiger partial charge < -0.3 is 14.8 Å². The molecule has 4 nitrogen and oxygen atoms in total. The Bertz CT molecular complexity index is 597. The van der Waals surface area contributed by atoms with Gasteiger partial charge in [-0.25, -0.2) is 0 Å². The van der Waals surface area contributed by atoms with Crippen molar-refractivity contribution < 1.29 is 14.3 Å². The van der Waals surface area contributed by atoms with E-state index in [9.17, 15) is 4.79 Å². The zero-order valence-corrected chi connectivity index (χ0v) is 11.1. The molecule has 0 aromatic heterocycles. The predicted molar refractivity (Wildman–Crippen MR) is 76.2 cm³/mol. The van der Waals surface area contributed by atoms with Crippen LogP contribution in [0, 0.1) is 0 Å². The van der Waals surface area contributed by atoms with E-state index < -0.39 is 6.10 Å². The Labute approximate surface area is 117 Å². The minimum absolute atomic E-state index is 0.133. The zero-order chi connectivity index (χ0) is 13.9. The van der Waals surface area contributed by atoms with Crippen molar-refractivity contribution in [3.05, 3.63) is 54.1 Å². The maximum absolute atomic E-state index is 12.2. The minimum Gasteiger partial charge on any atom is -0.497 e. The van der Waals surface area contributed by atoms with Crippen molar-refractivity contribution in [1.82, 2.24) is 0 Å². The number of ether oxygens (including phenoxy) is 2. The predicted octanol–water partition coefficient (Wildman–Crippen LogP) is 2.64. The number of carbonyl (C=O) groups is 1. The molecule has 0 spiro atoms. The molecular formula is C16H15NO3. The zero-order valence-electron chi connectivity index (χ0n) is 11.1. The Morgan fingerprint density at radius 1 is 1.20 bits per heavy atom. The van der Waals surface area contributed by atoms with E-state index in [1.807, 2.05) is 24.3 Å². The van der Waals surface area contributed by atoms with E-state index in [0.29, 0.717) is 6.42 Å². The summed E-state index contributed by atoms with van der Waals surface area (Å²) in [4.78, 5) is 12.2. The average molecular weight is 269 g/mol. The molecule has 2 aromatic rings. The second kappa shape index (κ2) is 5.25. The molecular weight excluding hydrogens is 254 g/mol. The number of methoxy groups -OCH3 is 1. The maximum atomic E-state index is 12.2. The third kappa shape index (κ3) is 2.45. The Hall–Kier alpha value is -2.49. The molecule has 1 amide bonds. The van der Waals surface area contributed by atoms with Gasteiger partial charge in [-0.15, -0.1) is 0 Å². The second-order valence-corrected chi connectivity index (χ2v) is 4.64. The number of nitrogens with one attached hydrogen (secondary N) is 1. The smallest absolute Gasteiger partial charge is 0.265 e. The molecule has 2 aromatic carbocycles. The van der Waals surface area contributed by atoms with Crippen LogP contribution in [0.15, 0.2) is 48.5 Å². The number of anilines is 1. The van der Waals surface area contributed by atoms with Gasteiger partial charge in [-0.3, -0.25) is 4.79 Å². The van der Waals surface area contributed by atoms with Crippen molar-refractivity contribution in [3.8, 4) is 11.5 Å². The van der Waals surface area contributed by atoms with Crippen LogP contribution in [0.4, 0.5) is 5.69 Å². The van der Waals surface area contributed by atoms with E-state index in [0.717, 1.165) is 22.7 Å². The molecule has 0 fully saturated rings. The van der Waals surface area contributed by atoms with E-state index in [2.05, 4.69) is 5.32 Å². The summed E-state index contributed by atoms with van der Waals surface area (Å²) in [5, 5.41) is 2.85. The van der Waals surface area contributed by atoms with E-state index in [1.165, 1.54) is 0 Å². The van der Waals surface area contributed by atoms with Gasteiger partial charge in [0.15, 0.2) is 6.10 Å². The van der Waals surface area contributed by atoms with Crippen LogP contribution in [0.5, 0.6) is 11.5 Å². The van der Waals surface area contributed by atoms with Crippen LogP contribution in [0.3, 0.4) is 0 Å². The molecule has 0 saturated carbocycles. The minimum atomic E-state index is -0.463. The topological polar surface area (TPSA) is 47.6 Å². The summed E-state index contributed by atoms with van der Waals surface area (Å²) in [5.41, 5.74) is 1.80. The first-order valence-corrected chi connectivity index (χ1v) is 6.46. The number of hydrogen-bond acceptors (Lipinski definition) is 3. The Morgan fingerprint density at radius 2 is 1.95 bits per heavy atom. The maximum Gasteiger partial charge on any atom is 0.265 e. The first kappa shape index (κ1) is 12.5. The van der Waals surface area contributed by atoms with Gasteiger partial charge in [0.2, 0.25) is 0 Å². The van der Waals surface area contributed by atoms with Crippen molar-refractivity contribution in [2.45, 2.75) is 12.5 Å². The highest BCUT2D eigenvalue weighted by molar-refractivity contribution is 5.95. The van der Waals surface area contributed by atoms with Gasteiger partial charge in [-0.1, -0.05) is 18.2 Å². The molecule has 0 radical (unpaired) electrons. The fraction of sp³-hybridized carbons (Fsp3) is 0.188. The summed E-state index contributed by atoms with van der Waals surface area (Å²) < 4.78 is 10.7. The van der Waals surface area contributed by atoms with Gasteiger partial charge in [-0.2, -0.15) is 0 Å². The van der Waals surface area contributed by atoms with E-state index in [1.54, 1.807) is 31.4 Å². The molecule has 0 unspecified atom stereocenters. The Balaban J connectivity index is 1.66. The molecule has 20 heavy (non-hydrogen) atoms. The van der Waals surface area contributed by atoms with Gasteiger partial charge in [-0.05, 0) is 35.9 Å². The molecule has 1 aliphatic rings. The summed E-state index contributed by atoms with van der Waals surface area (Å²) in [5.74, 6) is 1.42. The molecule has 0 bridgehead atoms. The van der Waals surface area contributed by atoms with Gasteiger partial charge in [0.25, 0.3) is 5.91 Å². The fourth-order valence-corrected chi connectivity index (χ4v) is 2.23. The van der Waals surface area contributed by atoms with Gasteiger partial charge in [0, 0.05) is 12.1 Å². The number of para-hydroxylation sites is 1. The van der Waals surface area contributed by atoms with E-state index in [-0.39, 0.29) is 5.91 Å². The molecule has 1 N–H and O–H groups in total. The largest absolute Gasteiger partial charge is 0.497 e. The van der Waals surface area contributed by atoms with Gasteiger partial charge in [0.05, 0.1) is 7.11 Å². The van der Waals surface area contributed by atoms with Crippen molar-refractivity contribution in [2.75, 3.05) is 12.4 Å². The summed E-state index contributed by atoms with van der Waals surface area (Å²) in [6.07, 6.45) is 0.146. The monoisotopic (exact) mass is 269 g/mol. The number of benzene rings is 2. The van der Waals surface area contributed by atoms with Crippen molar-refractivity contribution in [2.24, 2.45) is 0 Å². The number of hydrogen-bond donors (Lipinski definition) is 1. The highest BCUT2D eigenvalue weighted by Crippen LogP contribution is 2.28. The lowest BCUT2D eigenvalue weighted by Crippen LogP contribution is -2.31. The van der Waals surface area contributed by atoms with Crippen LogP contribution < -0.4 is 14.8 Å². The number of rotatable bonds is 3. The first-order chi connectivity index (χ1) is 9.76. The molecule has 0 saturated heterocycles. The normalized spacial score (nSPS) is 16.1. The number of carbonyl (C=O) groups excluding carboxylic acids is 1. The van der Waals surface area contributed by atoms with E-state index >= 15 is 0 Å². The average Bonchev–Trinajstić information content (AvgIpc) is 2.92. The molecule has 1 heterocycles. The van der Waals surface area contributed by atoms with Crippen LogP contribution in [0.1, 0.15) is 5.56 Å². The van der Waals surface area contributed by atoms with Crippen molar-refractivity contribution in [1.29, 1.82) is 0 Å². The molecule has 4 heteroatoms. The first-order valence-electron chi connectivity index (χ1n) is 6.46. The third-order valence-corrected chi connectivity index (χ3v) is 3.30. The second-order valence-electron chi connectivity index (χ2n) is 4.64. The fourth-order valence-electron chi connectivity index (χ4n) is 2.23. The number of amides is 1. The van der Waals surface area contributed by atoms with E-state index in [4.69, 9.17) is 9.47 Å². The van der Waals surface area contributed by atoms with Crippen molar-refractivity contribution >= 4 is 11.6 Å². The summed E-state index contributed by atoms with van der Waals surface area (Å²) in [6.45, 7) is 0. The van der Waals surface area contributed by atoms with Crippen LogP contribution in [0.25, 0.3) is 0 Å². The van der Waals surface area contributed by atoms with Crippen LogP contribution in [0.2, 0.25) is 0 Å². The van der Waals surface area contributed by atoms with Crippen LogP contribution >= 0.6 is 0 Å². The lowest BCUT2D eigenvalue weighted by Gasteiger charge is -2.11. The molecule has 102 valence electrons. The SMILES string of the molecule is COc1ccc(NC(=O)[C@H]2Cc3ccccc3O2)cc1. The Kier molecular flexibility index (Phi) is 3.29. The highest BCUT2D eigenvalue weighted by atomic mass is 16.5. The third-order valence-electron chi connectivity index (χ3n) is 3.30. The molecule has 0 aliphatic carbocycles. The van der Waals surface area contributed by atoms with Gasteiger partial charge >= 0.3 is 0 Å². The van der Waals surface area contributed by atoms with Gasteiger partial charge in [0.1, 0.15) is 11.5 Å². The quantitative estimate of drug-likeness (QED) is 0.931. The Morgan fingerprint density at radius 3 is 2.65 bits per heavy atom. The lowest BCUT2D eigenvalue weighted by atomic mass is 10.1. The van der Waals surface area contributed by atoms with Crippen molar-refractivity contribution in [3.63, 3.8) is 0 Å². The van der Waals surface area contributed by atoms with Crippen LogP contribution in [-0.2, 0) is 11.2 Å².